The molecule has 2 amide bonds. The maximum absolute atomic E-state index is 11.5. The van der Waals surface area contributed by atoms with Gasteiger partial charge in [0.1, 0.15) is 18.6 Å². The molecule has 0 fully saturated rings. The van der Waals surface area contributed by atoms with Gasteiger partial charge in [-0.2, -0.15) is 12.6 Å². The Kier molecular flexibility index (Phi) is 13.6. The Balaban J connectivity index is 0. The van der Waals surface area contributed by atoms with Crippen molar-refractivity contribution < 1.29 is 50.4 Å². The van der Waals surface area contributed by atoms with E-state index in [0.717, 1.165) is 23.8 Å². The van der Waals surface area contributed by atoms with Crippen molar-refractivity contribution >= 4 is 36.4 Å². The maximum atomic E-state index is 11.5. The van der Waals surface area contributed by atoms with Crippen LogP contribution in [0.3, 0.4) is 0 Å². The molecule has 0 saturated carbocycles. The molecule has 0 aromatic heterocycles. The van der Waals surface area contributed by atoms with E-state index in [9.17, 15) is 19.2 Å². The van der Waals surface area contributed by atoms with Crippen LogP contribution in [0, 0.1) is 12.5 Å². The van der Waals surface area contributed by atoms with Crippen LogP contribution in [0.2, 0.25) is 0 Å². The van der Waals surface area contributed by atoms with Crippen molar-refractivity contribution in [2.75, 3.05) is 12.3 Å². The predicted octanol–water partition coefficient (Wildman–Crippen LogP) is -2.35. The van der Waals surface area contributed by atoms with Crippen molar-refractivity contribution in [1.29, 1.82) is 0 Å². The van der Waals surface area contributed by atoms with Crippen LogP contribution in [0.5, 0.6) is 0 Å². The molecule has 0 aromatic rings. The summed E-state index contributed by atoms with van der Waals surface area (Å²) in [5.74, 6) is -3.97. The van der Waals surface area contributed by atoms with Crippen molar-refractivity contribution in [3.05, 3.63) is 12.5 Å². The molecule has 1 unspecified atom stereocenters. The van der Waals surface area contributed by atoms with Gasteiger partial charge in [-0.15, -0.1) is 6.42 Å². The fourth-order valence-electron chi connectivity index (χ4n) is 1.02. The minimum atomic E-state index is -1.36. The number of thiol groups is 1. The SMILES string of the molecule is N[C-]([CH-]CC(=O)NC(CS)C(=O)NCC(=O)O)C(=O)O.[O]=[V+2]. The van der Waals surface area contributed by atoms with Crippen LogP contribution >= 0.6 is 12.6 Å². The van der Waals surface area contributed by atoms with Crippen LogP contribution < -0.4 is 16.4 Å². The van der Waals surface area contributed by atoms with Gasteiger partial charge in [0.2, 0.25) is 5.91 Å². The number of nitrogens with two attached hydrogens (primary N) is 1. The van der Waals surface area contributed by atoms with Gasteiger partial charge in [-0.3, -0.25) is 19.2 Å². The first-order valence-corrected chi connectivity index (χ1v) is 6.75. The number of carbonyl (C=O) groups excluding carboxylic acids is 2. The van der Waals surface area contributed by atoms with Gasteiger partial charge < -0.3 is 39.0 Å². The molecule has 10 nitrogen and oxygen atoms in total. The molecule has 0 radical (unpaired) electrons. The summed E-state index contributed by atoms with van der Waals surface area (Å²) in [4.78, 5) is 43.6. The van der Waals surface area contributed by atoms with E-state index < -0.39 is 42.4 Å². The Hall–Kier alpha value is -1.56. The molecule has 0 saturated heterocycles. The van der Waals surface area contributed by atoms with Crippen LogP contribution in [0.15, 0.2) is 0 Å². The first-order chi connectivity index (χ1) is 10.3. The predicted molar refractivity (Wildman–Crippen MR) is 71.1 cm³/mol. The summed E-state index contributed by atoms with van der Waals surface area (Å²) >= 11 is 4.92. The first kappa shape index (κ1) is 22.7. The molecule has 1 atom stereocenters. The van der Waals surface area contributed by atoms with Crippen LogP contribution in [-0.2, 0) is 40.2 Å². The summed E-state index contributed by atoms with van der Waals surface area (Å²) in [6, 6.07) is -1.51. The molecule has 0 spiro atoms. The average Bonchev–Trinajstić information content (AvgIpc) is 2.49. The summed E-state index contributed by atoms with van der Waals surface area (Å²) < 4.78 is 8.19. The number of aliphatic carboxylic acids is 2. The molecule has 0 aliphatic carbocycles. The van der Waals surface area contributed by atoms with E-state index in [1.54, 1.807) is 0 Å². The molecule has 12 heteroatoms. The number of carbonyl (C=O) groups is 4. The third-order valence-corrected chi connectivity index (χ3v) is 2.37. The number of hydrogen-bond donors (Lipinski definition) is 6. The molecule has 0 aliphatic heterocycles. The summed E-state index contributed by atoms with van der Waals surface area (Å²) in [6.07, 6.45) is 0.664. The zero-order valence-electron chi connectivity index (χ0n) is 11.2. The zero-order chi connectivity index (χ0) is 17.7. The van der Waals surface area contributed by atoms with Gasteiger partial charge in [-0.25, -0.2) is 0 Å². The van der Waals surface area contributed by atoms with E-state index >= 15 is 0 Å². The van der Waals surface area contributed by atoms with Crippen LogP contribution in [-0.4, -0.2) is 52.3 Å². The Labute approximate surface area is 140 Å². The number of carboxylic acids is 2. The summed E-state index contributed by atoms with van der Waals surface area (Å²) in [6.45, 7) is -0.579. The van der Waals surface area contributed by atoms with Crippen molar-refractivity contribution in [1.82, 2.24) is 10.6 Å². The number of carboxylic acid groups (broad SMARTS) is 2. The first-order valence-electron chi connectivity index (χ1n) is 5.54. The molecule has 6 N–H and O–H groups in total. The number of nitrogens with one attached hydrogen (secondary N) is 2. The fourth-order valence-corrected chi connectivity index (χ4v) is 1.28. The van der Waals surface area contributed by atoms with Gasteiger partial charge in [0, 0.05) is 5.75 Å². The van der Waals surface area contributed by atoms with E-state index in [4.69, 9.17) is 19.6 Å². The molecular weight excluding hydrogens is 357 g/mol. The fraction of sp³-hybridized carbons (Fsp3) is 0.400. The summed E-state index contributed by atoms with van der Waals surface area (Å²) in [5, 5.41) is 21.2. The van der Waals surface area contributed by atoms with Gasteiger partial charge in [0.25, 0.3) is 0 Å². The average molecular weight is 372 g/mol. The Morgan fingerprint density at radius 1 is 1.27 bits per heavy atom. The summed E-state index contributed by atoms with van der Waals surface area (Å²) in [5.41, 5.74) is 5.09. The number of amides is 2. The molecule has 0 heterocycles. The van der Waals surface area contributed by atoms with Gasteiger partial charge in [-0.1, -0.05) is 0 Å². The third kappa shape index (κ3) is 11.1. The van der Waals surface area contributed by atoms with Crippen molar-refractivity contribution in [2.45, 2.75) is 12.5 Å². The van der Waals surface area contributed by atoms with Crippen molar-refractivity contribution in [2.24, 2.45) is 5.73 Å². The topological polar surface area (TPSA) is 176 Å². The van der Waals surface area contributed by atoms with Crippen LogP contribution in [0.4, 0.5) is 0 Å². The third-order valence-electron chi connectivity index (χ3n) is 2.00. The van der Waals surface area contributed by atoms with Crippen molar-refractivity contribution in [3.8, 4) is 0 Å². The van der Waals surface area contributed by atoms with Gasteiger partial charge in [0.05, 0.1) is 0 Å². The van der Waals surface area contributed by atoms with E-state index in [1.807, 2.05) is 0 Å². The molecular formula is C10H15N3O7SV. The normalized spacial score (nSPS) is 10.5. The Bertz CT molecular complexity index is 410. The van der Waals surface area contributed by atoms with Gasteiger partial charge in [0.15, 0.2) is 5.91 Å². The second kappa shape index (κ2) is 13.1. The van der Waals surface area contributed by atoms with Crippen molar-refractivity contribution in [3.63, 3.8) is 0 Å². The summed E-state index contributed by atoms with van der Waals surface area (Å²) in [7, 11) is 0. The van der Waals surface area contributed by atoms with Gasteiger partial charge in [-0.05, 0) is 0 Å². The number of rotatable bonds is 9. The van der Waals surface area contributed by atoms with Crippen LogP contribution in [0.25, 0.3) is 0 Å². The molecule has 22 heavy (non-hydrogen) atoms. The molecule has 0 rings (SSSR count). The van der Waals surface area contributed by atoms with E-state index in [1.165, 1.54) is 0 Å². The van der Waals surface area contributed by atoms with Gasteiger partial charge >= 0.3 is 27.0 Å². The van der Waals surface area contributed by atoms with Crippen LogP contribution in [0.1, 0.15) is 6.42 Å². The Morgan fingerprint density at radius 2 is 1.82 bits per heavy atom. The number of hydrogen-bond acceptors (Lipinski definition) is 7. The Morgan fingerprint density at radius 3 is 2.23 bits per heavy atom. The zero-order valence-corrected chi connectivity index (χ0v) is 13.5. The molecule has 0 aliphatic rings. The van der Waals surface area contributed by atoms with E-state index in [2.05, 4.69) is 23.3 Å². The standard InChI is InChI=1S/C10H15N3O6S.O.V/c11-5(10(18)19)1-2-7(14)13-6(4-20)9(17)12-3-8(15)16;;/h1,6,20H,2-4,11H2,(H,12,17)(H,13,14)(H,15,16)(H,18,19);;/q-2;;+2. The minimum absolute atomic E-state index is 0.0463. The second-order valence-electron chi connectivity index (χ2n) is 3.58. The monoisotopic (exact) mass is 372 g/mol. The molecule has 123 valence electrons. The van der Waals surface area contributed by atoms with E-state index in [0.29, 0.717) is 0 Å². The quantitative estimate of drug-likeness (QED) is 0.192. The second-order valence-corrected chi connectivity index (χ2v) is 3.95. The molecule has 0 bridgehead atoms. The molecule has 0 aromatic carbocycles. The van der Waals surface area contributed by atoms with E-state index in [-0.39, 0.29) is 12.2 Å².